The molecule has 2 aromatic carbocycles. The van der Waals surface area contributed by atoms with E-state index in [0.29, 0.717) is 5.92 Å². The zero-order valence-electron chi connectivity index (χ0n) is 13.5. The van der Waals surface area contributed by atoms with Gasteiger partial charge in [-0.3, -0.25) is 0 Å². The molecule has 0 saturated heterocycles. The summed E-state index contributed by atoms with van der Waals surface area (Å²) in [6.45, 7) is 4.63. The Morgan fingerprint density at radius 2 is 1.24 bits per heavy atom. The highest BCUT2D eigenvalue weighted by Gasteiger charge is 2.22. The highest BCUT2D eigenvalue weighted by molar-refractivity contribution is 5.33. The lowest BCUT2D eigenvalue weighted by molar-refractivity contribution is 0.401. The van der Waals surface area contributed by atoms with Crippen molar-refractivity contribution in [3.8, 4) is 0 Å². The maximum absolute atomic E-state index is 2.34. The number of rotatable bonds is 8. The second kappa shape index (κ2) is 8.67. The van der Waals surface area contributed by atoms with E-state index in [1.54, 1.807) is 0 Å². The molecule has 0 aliphatic rings. The minimum Gasteiger partial charge on any atom is -0.0654 e. The summed E-state index contributed by atoms with van der Waals surface area (Å²) in [6, 6.07) is 22.1. The number of hydrogen-bond donors (Lipinski definition) is 0. The number of benzene rings is 2. The van der Waals surface area contributed by atoms with Crippen LogP contribution in [0.2, 0.25) is 0 Å². The normalized spacial score (nSPS) is 12.5. The molecule has 0 aromatic heterocycles. The SMILES string of the molecule is CCCCCC(CC)C(c1ccccc1)c1ccccc1. The first kappa shape index (κ1) is 15.8. The third kappa shape index (κ3) is 4.46. The molecule has 0 aliphatic carbocycles. The predicted molar refractivity (Wildman–Crippen MR) is 92.7 cm³/mol. The molecular formula is C21H28. The van der Waals surface area contributed by atoms with Crippen LogP contribution in [-0.4, -0.2) is 0 Å². The van der Waals surface area contributed by atoms with Crippen LogP contribution in [0.25, 0.3) is 0 Å². The molecule has 112 valence electrons. The average Bonchev–Trinajstić information content (AvgIpc) is 2.56. The molecule has 0 saturated carbocycles. The van der Waals surface area contributed by atoms with Gasteiger partial charge in [0.1, 0.15) is 0 Å². The maximum atomic E-state index is 2.34. The Morgan fingerprint density at radius 1 is 0.714 bits per heavy atom. The van der Waals surface area contributed by atoms with Gasteiger partial charge in [0.2, 0.25) is 0 Å². The smallest absolute Gasteiger partial charge is 0.0117 e. The average molecular weight is 280 g/mol. The van der Waals surface area contributed by atoms with Gasteiger partial charge in [0.25, 0.3) is 0 Å². The van der Waals surface area contributed by atoms with Crippen LogP contribution in [0.4, 0.5) is 0 Å². The molecular weight excluding hydrogens is 252 g/mol. The highest BCUT2D eigenvalue weighted by Crippen LogP contribution is 2.36. The van der Waals surface area contributed by atoms with Crippen molar-refractivity contribution < 1.29 is 0 Å². The molecule has 0 nitrogen and oxygen atoms in total. The first-order valence-electron chi connectivity index (χ1n) is 8.46. The molecule has 0 fully saturated rings. The van der Waals surface area contributed by atoms with E-state index in [0.717, 1.165) is 5.92 Å². The zero-order chi connectivity index (χ0) is 14.9. The summed E-state index contributed by atoms with van der Waals surface area (Å²) in [7, 11) is 0. The molecule has 21 heavy (non-hydrogen) atoms. The van der Waals surface area contributed by atoms with Crippen molar-refractivity contribution in [2.45, 2.75) is 51.9 Å². The summed E-state index contributed by atoms with van der Waals surface area (Å²) >= 11 is 0. The second-order valence-electron chi connectivity index (χ2n) is 5.96. The van der Waals surface area contributed by atoms with Crippen LogP contribution >= 0.6 is 0 Å². The van der Waals surface area contributed by atoms with Crippen LogP contribution in [0.15, 0.2) is 60.7 Å². The molecule has 0 aliphatic heterocycles. The Labute approximate surface area is 130 Å². The van der Waals surface area contributed by atoms with E-state index < -0.39 is 0 Å². The third-order valence-electron chi connectivity index (χ3n) is 4.49. The molecule has 0 N–H and O–H groups in total. The van der Waals surface area contributed by atoms with E-state index >= 15 is 0 Å². The summed E-state index contributed by atoms with van der Waals surface area (Å²) in [5.41, 5.74) is 2.93. The quantitative estimate of drug-likeness (QED) is 0.489. The van der Waals surface area contributed by atoms with Crippen molar-refractivity contribution in [3.05, 3.63) is 71.8 Å². The van der Waals surface area contributed by atoms with Gasteiger partial charge in [0, 0.05) is 5.92 Å². The van der Waals surface area contributed by atoms with Gasteiger partial charge >= 0.3 is 0 Å². The summed E-state index contributed by atoms with van der Waals surface area (Å²) < 4.78 is 0. The monoisotopic (exact) mass is 280 g/mol. The minimum absolute atomic E-state index is 0.536. The Morgan fingerprint density at radius 3 is 1.67 bits per heavy atom. The van der Waals surface area contributed by atoms with Crippen LogP contribution in [0.3, 0.4) is 0 Å². The van der Waals surface area contributed by atoms with Gasteiger partial charge in [-0.05, 0) is 23.5 Å². The van der Waals surface area contributed by atoms with Crippen LogP contribution in [0.1, 0.15) is 63.0 Å². The van der Waals surface area contributed by atoms with Crippen molar-refractivity contribution in [2.75, 3.05) is 0 Å². The molecule has 2 aromatic rings. The maximum Gasteiger partial charge on any atom is 0.0117 e. The minimum atomic E-state index is 0.536. The molecule has 0 heteroatoms. The lowest BCUT2D eigenvalue weighted by Crippen LogP contribution is -2.14. The molecule has 0 bridgehead atoms. The molecule has 0 heterocycles. The lowest BCUT2D eigenvalue weighted by atomic mass is 9.77. The summed E-state index contributed by atoms with van der Waals surface area (Å²) in [4.78, 5) is 0. The number of unbranched alkanes of at least 4 members (excludes halogenated alkanes) is 2. The van der Waals surface area contributed by atoms with Crippen molar-refractivity contribution in [1.82, 2.24) is 0 Å². The molecule has 0 spiro atoms. The largest absolute Gasteiger partial charge is 0.0654 e. The Hall–Kier alpha value is -1.56. The third-order valence-corrected chi connectivity index (χ3v) is 4.49. The van der Waals surface area contributed by atoms with Crippen molar-refractivity contribution in [1.29, 1.82) is 0 Å². The molecule has 2 rings (SSSR count). The Balaban J connectivity index is 2.27. The van der Waals surface area contributed by atoms with Gasteiger partial charge in [-0.15, -0.1) is 0 Å². The fraction of sp³-hybridized carbons (Fsp3) is 0.429. The Kier molecular flexibility index (Phi) is 6.53. The van der Waals surface area contributed by atoms with Crippen molar-refractivity contribution >= 4 is 0 Å². The van der Waals surface area contributed by atoms with Crippen LogP contribution in [0, 0.1) is 5.92 Å². The van der Waals surface area contributed by atoms with E-state index in [2.05, 4.69) is 74.5 Å². The number of hydrogen-bond acceptors (Lipinski definition) is 0. The lowest BCUT2D eigenvalue weighted by Gasteiger charge is -2.27. The molecule has 1 unspecified atom stereocenters. The van der Waals surface area contributed by atoms with Gasteiger partial charge in [-0.25, -0.2) is 0 Å². The van der Waals surface area contributed by atoms with E-state index in [-0.39, 0.29) is 0 Å². The first-order valence-corrected chi connectivity index (χ1v) is 8.46. The zero-order valence-corrected chi connectivity index (χ0v) is 13.5. The van der Waals surface area contributed by atoms with Crippen LogP contribution in [0.5, 0.6) is 0 Å². The predicted octanol–water partition coefficient (Wildman–Crippen LogP) is 6.43. The molecule has 1 atom stereocenters. The van der Waals surface area contributed by atoms with Gasteiger partial charge in [-0.2, -0.15) is 0 Å². The molecule has 0 radical (unpaired) electrons. The van der Waals surface area contributed by atoms with Crippen LogP contribution < -0.4 is 0 Å². The second-order valence-corrected chi connectivity index (χ2v) is 5.96. The van der Waals surface area contributed by atoms with Gasteiger partial charge in [-0.1, -0.05) is 100 Å². The van der Waals surface area contributed by atoms with E-state index in [1.165, 1.54) is 43.2 Å². The Bertz CT molecular complexity index is 446. The van der Waals surface area contributed by atoms with Gasteiger partial charge < -0.3 is 0 Å². The highest BCUT2D eigenvalue weighted by atomic mass is 14.3. The summed E-state index contributed by atoms with van der Waals surface area (Å²) in [5, 5.41) is 0. The van der Waals surface area contributed by atoms with E-state index in [4.69, 9.17) is 0 Å². The standard InChI is InChI=1S/C21H28/c1-3-5-8-13-18(4-2)21(19-14-9-6-10-15-19)20-16-11-7-12-17-20/h6-7,9-12,14-18,21H,3-5,8,13H2,1-2H3. The fourth-order valence-electron chi connectivity index (χ4n) is 3.32. The first-order chi connectivity index (χ1) is 10.4. The van der Waals surface area contributed by atoms with E-state index in [1.807, 2.05) is 0 Å². The van der Waals surface area contributed by atoms with Gasteiger partial charge in [0.15, 0.2) is 0 Å². The van der Waals surface area contributed by atoms with Crippen molar-refractivity contribution in [3.63, 3.8) is 0 Å². The van der Waals surface area contributed by atoms with Crippen molar-refractivity contribution in [2.24, 2.45) is 5.92 Å². The van der Waals surface area contributed by atoms with Gasteiger partial charge in [0.05, 0.1) is 0 Å². The summed E-state index contributed by atoms with van der Waals surface area (Å²) in [5.74, 6) is 1.27. The fourth-order valence-corrected chi connectivity index (χ4v) is 3.32. The molecule has 0 amide bonds. The van der Waals surface area contributed by atoms with Crippen LogP contribution in [-0.2, 0) is 0 Å². The van der Waals surface area contributed by atoms with E-state index in [9.17, 15) is 0 Å². The topological polar surface area (TPSA) is 0 Å². The summed E-state index contributed by atoms with van der Waals surface area (Å²) in [6.07, 6.45) is 6.59.